The van der Waals surface area contributed by atoms with Gasteiger partial charge in [-0.1, -0.05) is 84.9 Å². The van der Waals surface area contributed by atoms with Crippen LogP contribution >= 0.6 is 11.3 Å². The number of hydrogen-bond donors (Lipinski definition) is 0. The number of benzene rings is 4. The molecule has 5 rings (SSSR count). The van der Waals surface area contributed by atoms with E-state index in [2.05, 4.69) is 70.6 Å². The van der Waals surface area contributed by atoms with Gasteiger partial charge in [0.2, 0.25) is 0 Å². The molecule has 0 radical (unpaired) electrons. The van der Waals surface area contributed by atoms with Crippen LogP contribution in [-0.4, -0.2) is 9.49 Å². The normalized spacial score (nSPS) is 11.7. The van der Waals surface area contributed by atoms with Crippen molar-refractivity contribution in [3.63, 3.8) is 0 Å². The first kappa shape index (κ1) is 21.8. The third-order valence-corrected chi connectivity index (χ3v) is 6.71. The number of aromatic nitrogens is 1. The Balaban J connectivity index is 1.61. The molecule has 0 unspecified atom stereocenters. The standard InChI is InChI=1S/C28H23N3O2S/c32-31(33)26-18-7-6-17-25(26)29-28-30(19-9-12-21-10-2-1-3-11-21)27(20-34-28)24-16-8-14-22-13-4-5-15-23(22)24/h1-8,10-11,13-18,20H,9,12,19H2. The minimum absolute atomic E-state index is 0.0125. The minimum Gasteiger partial charge on any atom is -0.316 e. The summed E-state index contributed by atoms with van der Waals surface area (Å²) in [5, 5.41) is 16.0. The minimum atomic E-state index is -0.377. The summed E-state index contributed by atoms with van der Waals surface area (Å²) >= 11 is 1.51. The highest BCUT2D eigenvalue weighted by Crippen LogP contribution is 2.30. The Morgan fingerprint density at radius 3 is 2.44 bits per heavy atom. The van der Waals surface area contributed by atoms with Crippen molar-refractivity contribution in [1.29, 1.82) is 0 Å². The number of nitro groups is 1. The first-order valence-corrected chi connectivity index (χ1v) is 12.1. The van der Waals surface area contributed by atoms with Crippen molar-refractivity contribution < 1.29 is 4.92 Å². The zero-order valence-corrected chi connectivity index (χ0v) is 19.3. The number of thiazole rings is 1. The lowest BCUT2D eigenvalue weighted by Crippen LogP contribution is -2.16. The summed E-state index contributed by atoms with van der Waals surface area (Å²) in [6, 6.07) is 31.7. The van der Waals surface area contributed by atoms with E-state index in [4.69, 9.17) is 4.99 Å². The van der Waals surface area contributed by atoms with Crippen LogP contribution in [0, 0.1) is 10.1 Å². The van der Waals surface area contributed by atoms with E-state index in [0.717, 1.165) is 35.4 Å². The lowest BCUT2D eigenvalue weighted by Gasteiger charge is -2.12. The van der Waals surface area contributed by atoms with Gasteiger partial charge in [-0.15, -0.1) is 11.3 Å². The SMILES string of the molecule is O=[N+]([O-])c1ccccc1N=c1scc(-c2cccc3ccccc23)n1CCCc1ccccc1. The fourth-order valence-electron chi connectivity index (χ4n) is 4.20. The third-order valence-electron chi connectivity index (χ3n) is 5.85. The molecule has 0 saturated heterocycles. The maximum absolute atomic E-state index is 11.5. The van der Waals surface area contributed by atoms with Gasteiger partial charge in [-0.05, 0) is 35.2 Å². The molecule has 0 bridgehead atoms. The van der Waals surface area contributed by atoms with E-state index in [0.29, 0.717) is 5.69 Å². The fourth-order valence-corrected chi connectivity index (χ4v) is 5.14. The monoisotopic (exact) mass is 465 g/mol. The molecule has 0 aliphatic heterocycles. The maximum atomic E-state index is 11.5. The number of rotatable bonds is 7. The predicted octanol–water partition coefficient (Wildman–Crippen LogP) is 7.14. The first-order chi connectivity index (χ1) is 16.7. The second kappa shape index (κ2) is 9.85. The van der Waals surface area contributed by atoms with E-state index >= 15 is 0 Å². The average Bonchev–Trinajstić information content (AvgIpc) is 3.26. The number of aryl methyl sites for hydroxylation is 1. The summed E-state index contributed by atoms with van der Waals surface area (Å²) in [5.74, 6) is 0. The second-order valence-electron chi connectivity index (χ2n) is 8.03. The number of hydrogen-bond acceptors (Lipinski definition) is 4. The molecule has 0 aliphatic carbocycles. The van der Waals surface area contributed by atoms with E-state index in [-0.39, 0.29) is 10.6 Å². The highest BCUT2D eigenvalue weighted by molar-refractivity contribution is 7.07. The Bertz CT molecular complexity index is 1510. The Morgan fingerprint density at radius 1 is 0.853 bits per heavy atom. The zero-order chi connectivity index (χ0) is 23.3. The average molecular weight is 466 g/mol. The molecule has 0 amide bonds. The van der Waals surface area contributed by atoms with Gasteiger partial charge in [0.25, 0.3) is 5.69 Å². The molecule has 34 heavy (non-hydrogen) atoms. The van der Waals surface area contributed by atoms with Gasteiger partial charge in [0.1, 0.15) is 5.69 Å². The fraction of sp³-hybridized carbons (Fsp3) is 0.107. The maximum Gasteiger partial charge on any atom is 0.294 e. The highest BCUT2D eigenvalue weighted by atomic mass is 32.1. The van der Waals surface area contributed by atoms with E-state index in [9.17, 15) is 10.1 Å². The molecule has 1 heterocycles. The third kappa shape index (κ3) is 4.54. The van der Waals surface area contributed by atoms with Crippen LogP contribution in [0.1, 0.15) is 12.0 Å². The van der Waals surface area contributed by atoms with Crippen LogP contribution in [0.5, 0.6) is 0 Å². The molecule has 168 valence electrons. The Hall–Kier alpha value is -4.03. The van der Waals surface area contributed by atoms with E-state index < -0.39 is 0 Å². The lowest BCUT2D eigenvalue weighted by molar-refractivity contribution is -0.384. The summed E-state index contributed by atoms with van der Waals surface area (Å²) in [5.41, 5.74) is 3.89. The molecule has 0 fully saturated rings. The molecule has 4 aromatic carbocycles. The molecule has 1 aromatic heterocycles. The summed E-state index contributed by atoms with van der Waals surface area (Å²) < 4.78 is 2.20. The van der Waals surface area contributed by atoms with Crippen LogP contribution in [0.15, 0.2) is 107 Å². The van der Waals surface area contributed by atoms with Crippen molar-refractivity contribution in [1.82, 2.24) is 4.57 Å². The van der Waals surface area contributed by atoms with Crippen molar-refractivity contribution in [2.24, 2.45) is 4.99 Å². The van der Waals surface area contributed by atoms with Crippen molar-refractivity contribution in [2.45, 2.75) is 19.4 Å². The van der Waals surface area contributed by atoms with Gasteiger partial charge in [0, 0.05) is 23.6 Å². The molecule has 0 aliphatic rings. The van der Waals surface area contributed by atoms with Crippen LogP contribution in [0.4, 0.5) is 11.4 Å². The summed E-state index contributed by atoms with van der Waals surface area (Å²) in [6.45, 7) is 0.760. The molecule has 5 nitrogen and oxygen atoms in total. The smallest absolute Gasteiger partial charge is 0.294 e. The van der Waals surface area contributed by atoms with Crippen LogP contribution in [-0.2, 0) is 13.0 Å². The van der Waals surface area contributed by atoms with Crippen molar-refractivity contribution in [2.75, 3.05) is 0 Å². The largest absolute Gasteiger partial charge is 0.316 e. The topological polar surface area (TPSA) is 60.4 Å². The van der Waals surface area contributed by atoms with Crippen LogP contribution < -0.4 is 4.80 Å². The molecular formula is C28H23N3O2S. The second-order valence-corrected chi connectivity index (χ2v) is 8.87. The van der Waals surface area contributed by atoms with Crippen LogP contribution in [0.25, 0.3) is 22.0 Å². The zero-order valence-electron chi connectivity index (χ0n) is 18.5. The Labute approximate surface area is 201 Å². The molecule has 0 spiro atoms. The summed E-state index contributed by atoms with van der Waals surface area (Å²) in [7, 11) is 0. The van der Waals surface area contributed by atoms with Gasteiger partial charge in [-0.25, -0.2) is 4.99 Å². The van der Waals surface area contributed by atoms with Gasteiger partial charge in [0.15, 0.2) is 4.80 Å². The van der Waals surface area contributed by atoms with Gasteiger partial charge >= 0.3 is 0 Å². The Kier molecular flexibility index (Phi) is 6.31. The number of fused-ring (bicyclic) bond motifs is 1. The van der Waals surface area contributed by atoms with Gasteiger partial charge in [-0.3, -0.25) is 10.1 Å². The van der Waals surface area contributed by atoms with Crippen molar-refractivity contribution >= 4 is 33.5 Å². The lowest BCUT2D eigenvalue weighted by atomic mass is 10.0. The van der Waals surface area contributed by atoms with E-state index in [1.807, 2.05) is 12.1 Å². The number of para-hydroxylation sites is 2. The highest BCUT2D eigenvalue weighted by Gasteiger charge is 2.14. The van der Waals surface area contributed by atoms with Gasteiger partial charge in [0.05, 0.1) is 10.6 Å². The van der Waals surface area contributed by atoms with Crippen LogP contribution in [0.2, 0.25) is 0 Å². The predicted molar refractivity (Wildman–Crippen MR) is 138 cm³/mol. The number of nitro benzene ring substituents is 1. The van der Waals surface area contributed by atoms with Gasteiger partial charge < -0.3 is 4.57 Å². The number of nitrogens with zero attached hydrogens (tertiary/aromatic N) is 3. The van der Waals surface area contributed by atoms with Crippen molar-refractivity contribution in [3.8, 4) is 11.3 Å². The quantitative estimate of drug-likeness (QED) is 0.189. The molecule has 0 saturated carbocycles. The summed E-state index contributed by atoms with van der Waals surface area (Å²) in [6.07, 6.45) is 1.88. The van der Waals surface area contributed by atoms with Crippen molar-refractivity contribution in [3.05, 3.63) is 123 Å². The van der Waals surface area contributed by atoms with Gasteiger partial charge in [-0.2, -0.15) is 0 Å². The molecule has 0 N–H and O–H groups in total. The van der Waals surface area contributed by atoms with E-state index in [1.165, 1.54) is 33.7 Å². The van der Waals surface area contributed by atoms with E-state index in [1.54, 1.807) is 18.2 Å². The van der Waals surface area contributed by atoms with Crippen LogP contribution in [0.3, 0.4) is 0 Å². The molecular weight excluding hydrogens is 442 g/mol. The molecule has 0 atom stereocenters. The first-order valence-electron chi connectivity index (χ1n) is 11.2. The molecule has 6 heteroatoms. The Morgan fingerprint density at radius 2 is 1.59 bits per heavy atom. The molecule has 5 aromatic rings. The summed E-state index contributed by atoms with van der Waals surface area (Å²) in [4.78, 5) is 16.7.